The maximum Gasteiger partial charge on any atom is 0.306 e. The maximum absolute atomic E-state index is 12.9. The summed E-state index contributed by atoms with van der Waals surface area (Å²) in [5, 5.41) is 11.8. The van der Waals surface area contributed by atoms with Gasteiger partial charge >= 0.3 is 11.9 Å². The van der Waals surface area contributed by atoms with Crippen LogP contribution in [0.4, 0.5) is 0 Å². The molecule has 0 spiro atoms. The van der Waals surface area contributed by atoms with Crippen LogP contribution in [-0.4, -0.2) is 82.3 Å². The van der Waals surface area contributed by atoms with Gasteiger partial charge in [-0.15, -0.1) is 0 Å². The summed E-state index contributed by atoms with van der Waals surface area (Å²) in [6.07, 6.45) is 108. The Labute approximate surface area is 570 Å². The van der Waals surface area contributed by atoms with Crippen LogP contribution in [0.1, 0.15) is 258 Å². The van der Waals surface area contributed by atoms with Crippen molar-refractivity contribution < 1.29 is 42.9 Å². The zero-order valence-electron chi connectivity index (χ0n) is 59.5. The molecule has 0 fully saturated rings. The third-order valence-electron chi connectivity index (χ3n) is 14.8. The van der Waals surface area contributed by atoms with Crippen molar-refractivity contribution >= 4 is 17.9 Å². The van der Waals surface area contributed by atoms with E-state index in [0.29, 0.717) is 17.4 Å². The molecular formula is C84H133NO8. The van der Waals surface area contributed by atoms with Gasteiger partial charge in [0.25, 0.3) is 0 Å². The van der Waals surface area contributed by atoms with E-state index in [0.717, 1.165) is 135 Å². The van der Waals surface area contributed by atoms with Gasteiger partial charge in [-0.25, -0.2) is 0 Å². The highest BCUT2D eigenvalue weighted by atomic mass is 16.7. The van der Waals surface area contributed by atoms with E-state index in [4.69, 9.17) is 18.9 Å². The fraction of sp³-hybridized carbons (Fsp3) is 0.583. The molecule has 0 aliphatic heterocycles. The molecule has 0 aromatic rings. The fourth-order valence-corrected chi connectivity index (χ4v) is 9.33. The van der Waals surface area contributed by atoms with Crippen molar-refractivity contribution in [2.75, 3.05) is 47.5 Å². The number of carbonyl (C=O) groups is 3. The van der Waals surface area contributed by atoms with Gasteiger partial charge in [0, 0.05) is 12.8 Å². The Morgan fingerprint density at radius 3 is 0.882 bits per heavy atom. The van der Waals surface area contributed by atoms with Crippen LogP contribution >= 0.6 is 0 Å². The third kappa shape index (κ3) is 73.4. The van der Waals surface area contributed by atoms with E-state index in [-0.39, 0.29) is 38.6 Å². The van der Waals surface area contributed by atoms with E-state index in [2.05, 4.69) is 208 Å². The van der Waals surface area contributed by atoms with Crippen LogP contribution in [0.5, 0.6) is 0 Å². The number of rotatable bonds is 65. The second-order valence-electron chi connectivity index (χ2n) is 24.8. The topological polar surface area (TPSA) is 111 Å². The van der Waals surface area contributed by atoms with Crippen LogP contribution in [0.25, 0.3) is 0 Å². The number of likely N-dealkylation sites (N-methyl/N-ethyl adjacent to an activating group) is 1. The van der Waals surface area contributed by atoms with Gasteiger partial charge in [-0.1, -0.05) is 298 Å². The van der Waals surface area contributed by atoms with E-state index in [1.54, 1.807) is 0 Å². The van der Waals surface area contributed by atoms with Gasteiger partial charge in [0.15, 0.2) is 12.4 Å². The van der Waals surface area contributed by atoms with Crippen LogP contribution in [0.2, 0.25) is 0 Å². The average Bonchev–Trinajstić information content (AvgIpc) is 3.74. The molecule has 2 unspecified atom stereocenters. The molecule has 0 rings (SSSR count). The quantitative estimate of drug-likeness (QED) is 0.0195. The first kappa shape index (κ1) is 87.1. The molecule has 9 nitrogen and oxygen atoms in total. The summed E-state index contributed by atoms with van der Waals surface area (Å²) in [7, 11) is 5.90. The Morgan fingerprint density at radius 1 is 0.323 bits per heavy atom. The van der Waals surface area contributed by atoms with Crippen LogP contribution in [0.15, 0.2) is 194 Å². The smallest absolute Gasteiger partial charge is 0.306 e. The van der Waals surface area contributed by atoms with E-state index in [1.807, 2.05) is 21.1 Å². The van der Waals surface area contributed by atoms with Crippen LogP contribution in [-0.2, 0) is 33.3 Å². The lowest BCUT2D eigenvalue weighted by Crippen LogP contribution is -2.44. The normalized spacial score (nSPS) is 13.9. The molecule has 0 aromatic carbocycles. The lowest BCUT2D eigenvalue weighted by Gasteiger charge is -2.26. The van der Waals surface area contributed by atoms with E-state index in [1.165, 1.54) is 89.9 Å². The van der Waals surface area contributed by atoms with Crippen molar-refractivity contribution in [2.24, 2.45) is 0 Å². The van der Waals surface area contributed by atoms with Gasteiger partial charge in [0.2, 0.25) is 0 Å². The number of nitrogens with zero attached hydrogens (tertiary/aromatic N) is 1. The molecular weight excluding hydrogens is 1150 g/mol. The Morgan fingerprint density at radius 2 is 0.581 bits per heavy atom. The highest BCUT2D eigenvalue weighted by Crippen LogP contribution is 2.16. The Kier molecular flexibility index (Phi) is 67.4. The highest BCUT2D eigenvalue weighted by molar-refractivity contribution is 5.70. The molecule has 93 heavy (non-hydrogen) atoms. The summed E-state index contributed by atoms with van der Waals surface area (Å²) >= 11 is 0. The number of esters is 2. The Balaban J connectivity index is 4.22. The van der Waals surface area contributed by atoms with Gasteiger partial charge < -0.3 is 33.3 Å². The summed E-state index contributed by atoms with van der Waals surface area (Å²) in [4.78, 5) is 37.5. The number of unbranched alkanes of at least 4 members (excludes halogenated alkanes) is 18. The molecule has 0 aliphatic carbocycles. The first-order valence-corrected chi connectivity index (χ1v) is 36.6. The van der Waals surface area contributed by atoms with Gasteiger partial charge in [-0.2, -0.15) is 0 Å². The van der Waals surface area contributed by atoms with Crippen LogP contribution in [0.3, 0.4) is 0 Å². The monoisotopic (exact) mass is 1280 g/mol. The minimum absolute atomic E-state index is 0.129. The number of carbonyl (C=O) groups excluding carboxylic acids is 3. The van der Waals surface area contributed by atoms with E-state index in [9.17, 15) is 19.5 Å². The predicted molar refractivity (Wildman–Crippen MR) is 397 cm³/mol. The zero-order chi connectivity index (χ0) is 67.5. The number of ether oxygens (including phenoxy) is 4. The van der Waals surface area contributed by atoms with Crippen molar-refractivity contribution in [2.45, 2.75) is 270 Å². The minimum Gasteiger partial charge on any atom is -0.545 e. The Hall–Kier alpha value is -5.87. The van der Waals surface area contributed by atoms with Crippen molar-refractivity contribution in [3.8, 4) is 0 Å². The first-order chi connectivity index (χ1) is 45.6. The van der Waals surface area contributed by atoms with Crippen molar-refractivity contribution in [3.63, 3.8) is 0 Å². The predicted octanol–water partition coefficient (Wildman–Crippen LogP) is 22.0. The number of carboxylic acids is 1. The molecule has 0 saturated heterocycles. The number of hydrogen-bond acceptors (Lipinski definition) is 8. The minimum atomic E-state index is -1.65. The third-order valence-corrected chi connectivity index (χ3v) is 14.8. The maximum atomic E-state index is 12.9. The van der Waals surface area contributed by atoms with Gasteiger partial charge in [-0.3, -0.25) is 9.59 Å². The number of hydrogen-bond donors (Lipinski definition) is 0. The summed E-state index contributed by atoms with van der Waals surface area (Å²) in [5.41, 5.74) is 0. The number of carboxylic acid groups (broad SMARTS) is 1. The van der Waals surface area contributed by atoms with Crippen LogP contribution < -0.4 is 5.11 Å². The molecule has 0 heterocycles. The largest absolute Gasteiger partial charge is 0.545 e. The summed E-state index contributed by atoms with van der Waals surface area (Å²) in [5.74, 6) is -2.36. The van der Waals surface area contributed by atoms with Gasteiger partial charge in [0.1, 0.15) is 13.2 Å². The lowest BCUT2D eigenvalue weighted by atomic mass is 10.0. The van der Waals surface area contributed by atoms with E-state index >= 15 is 0 Å². The van der Waals surface area contributed by atoms with Crippen molar-refractivity contribution in [1.29, 1.82) is 0 Å². The van der Waals surface area contributed by atoms with Gasteiger partial charge in [0.05, 0.1) is 40.3 Å². The molecule has 0 amide bonds. The second kappa shape index (κ2) is 72.0. The number of aliphatic carboxylic acids is 1. The van der Waals surface area contributed by atoms with Crippen LogP contribution in [0, 0.1) is 0 Å². The SMILES string of the molecule is CC/C=C\C/C=C\C/C=C\C/C=C\C/C=C\C/C=C\C/C=C\C/C=C\C/C=C\C/C=C\CCCCC(=O)OC(COC(=O)CCCCCCCCCCCCCCCCCC/C=C\C/C=C\C/C=C\C/C=C\C/C=C\C/C=C\CC)COC(OCC[N+](C)(C)C)C(=O)[O-]. The standard InChI is InChI=1S/C84H133NO8/c1-6-8-10-12-14-16-18-20-22-24-26-28-30-32-34-36-38-40-41-43-44-46-48-50-52-54-56-58-60-62-64-66-68-70-72-74-81(86)91-78-80(79-92-84(83(88)89)90-77-76-85(3,4)5)93-82(87)75-73-71-69-67-65-63-61-59-57-55-53-51-49-47-45-42-39-37-35-33-31-29-27-25-23-21-19-17-15-13-11-9-7-2/h8-11,14-17,20-23,26-29,32-35,38-40,42,47,49,53,55,59,61,65,67,80,84H,6-7,12-13,18-19,24-25,30-31,36-37,41,43-46,48,50-52,54,56-58,60,62-64,66,68-79H2,1-5H3/b10-8-,11-9-,16-14-,17-15-,22-20-,23-21-,28-26-,29-27-,34-32-,35-33-,40-38-,42-39-,49-47-,55-53-,61-59-,67-65-. The first-order valence-electron chi connectivity index (χ1n) is 36.6. The summed E-state index contributed by atoms with van der Waals surface area (Å²) in [6, 6.07) is 0. The number of allylic oxidation sites excluding steroid dienone is 32. The Bertz CT molecular complexity index is 2230. The molecule has 9 heteroatoms. The average molecular weight is 1280 g/mol. The van der Waals surface area contributed by atoms with Crippen molar-refractivity contribution in [3.05, 3.63) is 194 Å². The fourth-order valence-electron chi connectivity index (χ4n) is 9.33. The van der Waals surface area contributed by atoms with Gasteiger partial charge in [-0.05, 0) is 141 Å². The molecule has 2 atom stereocenters. The highest BCUT2D eigenvalue weighted by Gasteiger charge is 2.22. The summed E-state index contributed by atoms with van der Waals surface area (Å²) in [6.45, 7) is 4.45. The molecule has 0 bridgehead atoms. The summed E-state index contributed by atoms with van der Waals surface area (Å²) < 4.78 is 22.7. The zero-order valence-corrected chi connectivity index (χ0v) is 59.5. The molecule has 0 aliphatic rings. The molecule has 0 saturated carbocycles. The number of quaternary nitrogens is 1. The molecule has 0 aromatic heterocycles. The molecule has 522 valence electrons. The van der Waals surface area contributed by atoms with Crippen molar-refractivity contribution in [1.82, 2.24) is 0 Å². The van der Waals surface area contributed by atoms with E-state index < -0.39 is 24.3 Å². The second-order valence-corrected chi connectivity index (χ2v) is 24.8. The molecule has 0 N–H and O–H groups in total. The lowest BCUT2D eigenvalue weighted by molar-refractivity contribution is -0.870. The molecule has 0 radical (unpaired) electrons.